The lowest BCUT2D eigenvalue weighted by Gasteiger charge is -2.23. The van der Waals surface area contributed by atoms with Crippen molar-refractivity contribution in [2.24, 2.45) is 5.73 Å². The van der Waals surface area contributed by atoms with Crippen molar-refractivity contribution in [3.05, 3.63) is 29.8 Å². The largest absolute Gasteiger partial charge is 0.483 e. The van der Waals surface area contributed by atoms with E-state index in [9.17, 15) is 4.79 Å². The van der Waals surface area contributed by atoms with Crippen LogP contribution in [-0.4, -0.2) is 36.8 Å². The van der Waals surface area contributed by atoms with Crippen molar-refractivity contribution in [1.29, 1.82) is 0 Å². The molecule has 1 aliphatic rings. The molecular formula is C14H18N2O3S. The minimum Gasteiger partial charge on any atom is -0.483 e. The van der Waals surface area contributed by atoms with Gasteiger partial charge in [-0.1, -0.05) is 24.4 Å². The van der Waals surface area contributed by atoms with Crippen molar-refractivity contribution in [2.45, 2.75) is 18.9 Å². The third kappa shape index (κ3) is 4.18. The Morgan fingerprint density at radius 1 is 1.50 bits per heavy atom. The van der Waals surface area contributed by atoms with Crippen LogP contribution in [0, 0.1) is 0 Å². The number of carbonyl (C=O) groups is 1. The monoisotopic (exact) mass is 294 g/mol. The number of amides is 1. The van der Waals surface area contributed by atoms with Crippen LogP contribution >= 0.6 is 12.2 Å². The van der Waals surface area contributed by atoms with E-state index in [1.54, 1.807) is 12.1 Å². The van der Waals surface area contributed by atoms with Crippen LogP contribution in [0.4, 0.5) is 0 Å². The third-order valence-electron chi connectivity index (χ3n) is 3.04. The van der Waals surface area contributed by atoms with Gasteiger partial charge in [-0.25, -0.2) is 0 Å². The maximum Gasteiger partial charge on any atom is 0.258 e. The van der Waals surface area contributed by atoms with Gasteiger partial charge in [0.05, 0.1) is 18.2 Å². The van der Waals surface area contributed by atoms with Crippen LogP contribution in [0.2, 0.25) is 0 Å². The summed E-state index contributed by atoms with van der Waals surface area (Å²) in [5, 5.41) is 2.88. The summed E-state index contributed by atoms with van der Waals surface area (Å²) in [5.41, 5.74) is 6.24. The first-order valence-corrected chi connectivity index (χ1v) is 6.96. The molecule has 20 heavy (non-hydrogen) atoms. The third-order valence-corrected chi connectivity index (χ3v) is 3.26. The summed E-state index contributed by atoms with van der Waals surface area (Å²) in [6, 6.07) is 7.21. The molecule has 2 rings (SSSR count). The molecule has 1 aromatic carbocycles. The maximum atomic E-state index is 11.8. The Labute approximate surface area is 123 Å². The van der Waals surface area contributed by atoms with E-state index >= 15 is 0 Å². The summed E-state index contributed by atoms with van der Waals surface area (Å²) in [6.07, 6.45) is 1.91. The average molecular weight is 294 g/mol. The molecule has 0 spiro atoms. The summed E-state index contributed by atoms with van der Waals surface area (Å²) >= 11 is 4.94. The van der Waals surface area contributed by atoms with Gasteiger partial charge in [0.2, 0.25) is 0 Å². The molecule has 0 aromatic heterocycles. The Bertz CT molecular complexity index is 487. The van der Waals surface area contributed by atoms with Crippen molar-refractivity contribution in [1.82, 2.24) is 5.32 Å². The fourth-order valence-electron chi connectivity index (χ4n) is 2.06. The summed E-state index contributed by atoms with van der Waals surface area (Å²) in [4.78, 5) is 12.1. The summed E-state index contributed by atoms with van der Waals surface area (Å²) in [6.45, 7) is 1.27. The Morgan fingerprint density at radius 3 is 3.00 bits per heavy atom. The fourth-order valence-corrected chi connectivity index (χ4v) is 2.23. The van der Waals surface area contributed by atoms with Gasteiger partial charge in [-0.15, -0.1) is 0 Å². The fraction of sp³-hybridized carbons (Fsp3) is 0.429. The Kier molecular flexibility index (Phi) is 5.31. The molecule has 108 valence electrons. The molecule has 1 saturated heterocycles. The van der Waals surface area contributed by atoms with E-state index in [4.69, 9.17) is 27.4 Å². The standard InChI is InChI=1S/C14H18N2O3S/c15-14(20)11-5-1-2-6-12(11)19-9-13(17)16-10-4-3-7-18-8-10/h1-2,5-6,10H,3-4,7-9H2,(H2,15,20)(H,16,17). The number of benzene rings is 1. The van der Waals surface area contributed by atoms with Crippen LogP contribution in [0.25, 0.3) is 0 Å². The minimum absolute atomic E-state index is 0.0594. The highest BCUT2D eigenvalue weighted by Gasteiger charge is 2.16. The first kappa shape index (κ1) is 14.7. The van der Waals surface area contributed by atoms with Gasteiger partial charge in [0, 0.05) is 6.61 Å². The van der Waals surface area contributed by atoms with Crippen molar-refractivity contribution < 1.29 is 14.3 Å². The van der Waals surface area contributed by atoms with Gasteiger partial charge in [0.1, 0.15) is 10.7 Å². The molecule has 0 bridgehead atoms. The predicted octanol–water partition coefficient (Wildman–Crippen LogP) is 0.995. The molecule has 0 aliphatic carbocycles. The second-order valence-electron chi connectivity index (χ2n) is 4.63. The molecular weight excluding hydrogens is 276 g/mol. The number of rotatable bonds is 5. The molecule has 0 radical (unpaired) electrons. The first-order chi connectivity index (χ1) is 9.66. The molecule has 1 amide bonds. The highest BCUT2D eigenvalue weighted by atomic mass is 32.1. The van der Waals surface area contributed by atoms with Crippen LogP contribution in [-0.2, 0) is 9.53 Å². The molecule has 1 aromatic rings. The molecule has 3 N–H and O–H groups in total. The zero-order valence-corrected chi connectivity index (χ0v) is 11.9. The van der Waals surface area contributed by atoms with Crippen LogP contribution in [0.5, 0.6) is 5.75 Å². The summed E-state index contributed by atoms with van der Waals surface area (Å²) < 4.78 is 10.8. The van der Waals surface area contributed by atoms with Crippen molar-refractivity contribution >= 4 is 23.1 Å². The molecule has 5 nitrogen and oxygen atoms in total. The molecule has 1 heterocycles. The van der Waals surface area contributed by atoms with E-state index < -0.39 is 0 Å². The van der Waals surface area contributed by atoms with E-state index in [1.165, 1.54) is 0 Å². The summed E-state index contributed by atoms with van der Waals surface area (Å²) in [7, 11) is 0. The van der Waals surface area contributed by atoms with Crippen molar-refractivity contribution in [3.63, 3.8) is 0 Å². The SMILES string of the molecule is NC(=S)c1ccccc1OCC(=O)NC1CCCOC1. The van der Waals surface area contributed by atoms with Crippen LogP contribution in [0.3, 0.4) is 0 Å². The number of para-hydroxylation sites is 1. The van der Waals surface area contributed by atoms with E-state index in [0.29, 0.717) is 17.9 Å². The predicted molar refractivity (Wildman–Crippen MR) is 79.8 cm³/mol. The molecule has 1 aliphatic heterocycles. The van der Waals surface area contributed by atoms with E-state index in [2.05, 4.69) is 5.32 Å². The van der Waals surface area contributed by atoms with E-state index in [0.717, 1.165) is 19.4 Å². The number of nitrogens with two attached hydrogens (primary N) is 1. The zero-order chi connectivity index (χ0) is 14.4. The van der Waals surface area contributed by atoms with Crippen molar-refractivity contribution in [3.8, 4) is 5.75 Å². The lowest BCUT2D eigenvalue weighted by atomic mass is 10.1. The number of hydrogen-bond acceptors (Lipinski definition) is 4. The Hall–Kier alpha value is -1.66. The van der Waals surface area contributed by atoms with Crippen molar-refractivity contribution in [2.75, 3.05) is 19.8 Å². The van der Waals surface area contributed by atoms with Gasteiger partial charge < -0.3 is 20.5 Å². The smallest absolute Gasteiger partial charge is 0.258 e. The number of ether oxygens (including phenoxy) is 2. The van der Waals surface area contributed by atoms with Gasteiger partial charge >= 0.3 is 0 Å². The van der Waals surface area contributed by atoms with Gasteiger partial charge in [-0.3, -0.25) is 4.79 Å². The van der Waals surface area contributed by atoms with Gasteiger partial charge in [-0.05, 0) is 25.0 Å². The topological polar surface area (TPSA) is 73.6 Å². The van der Waals surface area contributed by atoms with Crippen LogP contribution < -0.4 is 15.8 Å². The normalized spacial score (nSPS) is 18.3. The summed E-state index contributed by atoms with van der Waals surface area (Å²) in [5.74, 6) is 0.355. The van der Waals surface area contributed by atoms with Crippen LogP contribution in [0.1, 0.15) is 18.4 Å². The molecule has 6 heteroatoms. The molecule has 1 fully saturated rings. The zero-order valence-electron chi connectivity index (χ0n) is 11.1. The molecule has 1 atom stereocenters. The number of nitrogens with one attached hydrogen (secondary N) is 1. The Balaban J connectivity index is 1.85. The van der Waals surface area contributed by atoms with Gasteiger partial charge in [0.25, 0.3) is 5.91 Å². The maximum absolute atomic E-state index is 11.8. The van der Waals surface area contributed by atoms with Crippen LogP contribution in [0.15, 0.2) is 24.3 Å². The average Bonchev–Trinajstić information content (AvgIpc) is 2.46. The minimum atomic E-state index is -0.168. The Morgan fingerprint density at radius 2 is 2.30 bits per heavy atom. The highest BCUT2D eigenvalue weighted by Crippen LogP contribution is 2.17. The van der Waals surface area contributed by atoms with Gasteiger partial charge in [0.15, 0.2) is 6.61 Å². The highest BCUT2D eigenvalue weighted by molar-refractivity contribution is 7.80. The quantitative estimate of drug-likeness (QED) is 0.792. The number of thiocarbonyl (C=S) groups is 1. The second kappa shape index (κ2) is 7.21. The van der Waals surface area contributed by atoms with E-state index in [1.807, 2.05) is 12.1 Å². The molecule has 1 unspecified atom stereocenters. The molecule has 0 saturated carbocycles. The van der Waals surface area contributed by atoms with E-state index in [-0.39, 0.29) is 23.5 Å². The number of carbonyl (C=O) groups excluding carboxylic acids is 1. The first-order valence-electron chi connectivity index (χ1n) is 6.55. The lowest BCUT2D eigenvalue weighted by molar-refractivity contribution is -0.124. The number of hydrogen-bond donors (Lipinski definition) is 2. The van der Waals surface area contributed by atoms with Gasteiger partial charge in [-0.2, -0.15) is 0 Å². The lowest BCUT2D eigenvalue weighted by Crippen LogP contribution is -2.42. The second-order valence-corrected chi connectivity index (χ2v) is 5.07.